The van der Waals surface area contributed by atoms with E-state index in [1.165, 1.54) is 0 Å². The first-order valence-corrected chi connectivity index (χ1v) is 6.73. The molecular weight excluding hydrogens is 281 g/mol. The van der Waals surface area contributed by atoms with Crippen molar-refractivity contribution in [1.82, 2.24) is 5.32 Å². The summed E-state index contributed by atoms with van der Waals surface area (Å²) < 4.78 is 5.77. The first-order chi connectivity index (χ1) is 9.10. The molecule has 4 heteroatoms. The molecule has 0 saturated carbocycles. The summed E-state index contributed by atoms with van der Waals surface area (Å²) >= 11 is 12.3. The third-order valence-corrected chi connectivity index (χ3v) is 3.29. The van der Waals surface area contributed by atoms with Gasteiger partial charge in [-0.05, 0) is 49.4 Å². The second-order valence-electron chi connectivity index (χ2n) is 4.33. The van der Waals surface area contributed by atoms with Crippen molar-refractivity contribution in [3.63, 3.8) is 0 Å². The Balaban J connectivity index is 2.25. The summed E-state index contributed by atoms with van der Waals surface area (Å²) in [5.74, 6) is 1.22. The van der Waals surface area contributed by atoms with Crippen LogP contribution in [0.1, 0.15) is 11.1 Å². The predicted molar refractivity (Wildman–Crippen MR) is 80.5 cm³/mol. The average Bonchev–Trinajstić information content (AvgIpc) is 2.37. The van der Waals surface area contributed by atoms with Crippen LogP contribution in [0.15, 0.2) is 36.4 Å². The fourth-order valence-corrected chi connectivity index (χ4v) is 2.15. The van der Waals surface area contributed by atoms with Crippen molar-refractivity contribution in [2.45, 2.75) is 13.5 Å². The van der Waals surface area contributed by atoms with Gasteiger partial charge in [0.25, 0.3) is 0 Å². The lowest BCUT2D eigenvalue weighted by atomic mass is 10.2. The summed E-state index contributed by atoms with van der Waals surface area (Å²) in [5.41, 5.74) is 2.19. The summed E-state index contributed by atoms with van der Waals surface area (Å²) in [6, 6.07) is 11.4. The molecule has 2 rings (SSSR count). The Labute approximate surface area is 123 Å². The van der Waals surface area contributed by atoms with Gasteiger partial charge in [0.2, 0.25) is 0 Å². The molecule has 0 heterocycles. The van der Waals surface area contributed by atoms with Gasteiger partial charge in [0.1, 0.15) is 11.5 Å². The summed E-state index contributed by atoms with van der Waals surface area (Å²) in [6.07, 6.45) is 0. The quantitative estimate of drug-likeness (QED) is 0.874. The fraction of sp³-hybridized carbons (Fsp3) is 0.200. The van der Waals surface area contributed by atoms with Crippen LogP contribution in [0, 0.1) is 6.92 Å². The zero-order valence-electron chi connectivity index (χ0n) is 10.8. The molecule has 0 aromatic heterocycles. The number of aryl methyl sites for hydroxylation is 1. The van der Waals surface area contributed by atoms with Gasteiger partial charge in [0.05, 0.1) is 10.0 Å². The van der Waals surface area contributed by atoms with Gasteiger partial charge in [0.15, 0.2) is 0 Å². The van der Waals surface area contributed by atoms with E-state index in [1.54, 1.807) is 0 Å². The van der Waals surface area contributed by atoms with E-state index in [0.717, 1.165) is 17.7 Å². The van der Waals surface area contributed by atoms with Crippen molar-refractivity contribution in [2.24, 2.45) is 0 Å². The highest BCUT2D eigenvalue weighted by molar-refractivity contribution is 6.32. The van der Waals surface area contributed by atoms with E-state index in [4.69, 9.17) is 27.9 Å². The Morgan fingerprint density at radius 2 is 1.79 bits per heavy atom. The van der Waals surface area contributed by atoms with Crippen molar-refractivity contribution in [3.05, 3.63) is 57.6 Å². The third kappa shape index (κ3) is 3.63. The van der Waals surface area contributed by atoms with Crippen LogP contribution < -0.4 is 10.1 Å². The highest BCUT2D eigenvalue weighted by atomic mass is 35.5. The molecule has 2 nitrogen and oxygen atoms in total. The maximum atomic E-state index is 6.21. The highest BCUT2D eigenvalue weighted by Crippen LogP contribution is 2.34. The van der Waals surface area contributed by atoms with Gasteiger partial charge in [-0.15, -0.1) is 0 Å². The van der Waals surface area contributed by atoms with E-state index in [-0.39, 0.29) is 0 Å². The Morgan fingerprint density at radius 3 is 2.47 bits per heavy atom. The standard InChI is InChI=1S/C15H15Cl2NO/c1-10-3-5-12(16)15(7-10)19-14-6-4-11(9-18-2)8-13(14)17/h3-8,18H,9H2,1-2H3. The van der Waals surface area contributed by atoms with Gasteiger partial charge in [-0.1, -0.05) is 35.3 Å². The van der Waals surface area contributed by atoms with E-state index in [2.05, 4.69) is 5.32 Å². The second kappa shape index (κ2) is 6.29. The third-order valence-electron chi connectivity index (χ3n) is 2.68. The summed E-state index contributed by atoms with van der Waals surface area (Å²) in [7, 11) is 1.89. The molecule has 0 spiro atoms. The van der Waals surface area contributed by atoms with Crippen molar-refractivity contribution in [3.8, 4) is 11.5 Å². The molecule has 2 aromatic carbocycles. The molecule has 0 aliphatic carbocycles. The molecule has 2 aromatic rings. The lowest BCUT2D eigenvalue weighted by Gasteiger charge is -2.11. The molecule has 0 unspecified atom stereocenters. The van der Waals surface area contributed by atoms with Crippen LogP contribution in [-0.4, -0.2) is 7.05 Å². The number of ether oxygens (including phenoxy) is 1. The monoisotopic (exact) mass is 295 g/mol. The Morgan fingerprint density at radius 1 is 1.00 bits per heavy atom. The zero-order chi connectivity index (χ0) is 13.8. The number of nitrogens with one attached hydrogen (secondary N) is 1. The maximum absolute atomic E-state index is 6.21. The van der Waals surface area contributed by atoms with Crippen LogP contribution in [0.5, 0.6) is 11.5 Å². The molecule has 0 fully saturated rings. The van der Waals surface area contributed by atoms with E-state index >= 15 is 0 Å². The van der Waals surface area contributed by atoms with Crippen molar-refractivity contribution in [1.29, 1.82) is 0 Å². The number of rotatable bonds is 4. The summed E-state index contributed by atoms with van der Waals surface area (Å²) in [6.45, 7) is 2.76. The minimum absolute atomic E-state index is 0.570. The van der Waals surface area contributed by atoms with Gasteiger partial charge >= 0.3 is 0 Å². The smallest absolute Gasteiger partial charge is 0.146 e. The van der Waals surface area contributed by atoms with Crippen LogP contribution >= 0.6 is 23.2 Å². The van der Waals surface area contributed by atoms with Gasteiger partial charge in [-0.2, -0.15) is 0 Å². The van der Waals surface area contributed by atoms with Crippen molar-refractivity contribution < 1.29 is 4.74 Å². The number of halogens is 2. The van der Waals surface area contributed by atoms with Gasteiger partial charge < -0.3 is 10.1 Å². The molecule has 1 N–H and O–H groups in total. The number of hydrogen-bond donors (Lipinski definition) is 1. The molecule has 0 amide bonds. The Hall–Kier alpha value is -1.22. The van der Waals surface area contributed by atoms with Crippen LogP contribution in [0.4, 0.5) is 0 Å². The lowest BCUT2D eigenvalue weighted by molar-refractivity contribution is 0.482. The predicted octanol–water partition coefficient (Wildman–Crippen LogP) is 4.81. The first kappa shape index (κ1) is 14.2. The highest BCUT2D eigenvalue weighted by Gasteiger charge is 2.07. The first-order valence-electron chi connectivity index (χ1n) is 5.97. The second-order valence-corrected chi connectivity index (χ2v) is 5.15. The zero-order valence-corrected chi connectivity index (χ0v) is 12.3. The molecular formula is C15H15Cl2NO. The Kier molecular flexibility index (Phi) is 4.70. The molecule has 0 radical (unpaired) electrons. The van der Waals surface area contributed by atoms with Crippen LogP contribution in [-0.2, 0) is 6.54 Å². The summed E-state index contributed by atoms with van der Waals surface area (Å²) in [5, 5.41) is 4.22. The maximum Gasteiger partial charge on any atom is 0.146 e. The Bertz CT molecular complexity index is 584. The number of benzene rings is 2. The van der Waals surface area contributed by atoms with Crippen LogP contribution in [0.3, 0.4) is 0 Å². The lowest BCUT2D eigenvalue weighted by Crippen LogP contribution is -2.04. The molecule has 0 bridgehead atoms. The SMILES string of the molecule is CNCc1ccc(Oc2cc(C)ccc2Cl)c(Cl)c1. The van der Waals surface area contributed by atoms with Crippen LogP contribution in [0.25, 0.3) is 0 Å². The fourth-order valence-electron chi connectivity index (χ4n) is 1.75. The largest absolute Gasteiger partial charge is 0.454 e. The average molecular weight is 296 g/mol. The minimum Gasteiger partial charge on any atom is -0.454 e. The summed E-state index contributed by atoms with van der Waals surface area (Å²) in [4.78, 5) is 0. The molecule has 19 heavy (non-hydrogen) atoms. The molecule has 0 atom stereocenters. The topological polar surface area (TPSA) is 21.3 Å². The van der Waals surface area contributed by atoms with E-state index in [0.29, 0.717) is 21.5 Å². The van der Waals surface area contributed by atoms with Crippen molar-refractivity contribution >= 4 is 23.2 Å². The van der Waals surface area contributed by atoms with Gasteiger partial charge in [-0.3, -0.25) is 0 Å². The van der Waals surface area contributed by atoms with Gasteiger partial charge in [0, 0.05) is 6.54 Å². The molecule has 0 aliphatic rings. The number of hydrogen-bond acceptors (Lipinski definition) is 2. The van der Waals surface area contributed by atoms with E-state index in [1.807, 2.05) is 50.4 Å². The van der Waals surface area contributed by atoms with E-state index < -0.39 is 0 Å². The molecule has 0 saturated heterocycles. The molecule has 100 valence electrons. The van der Waals surface area contributed by atoms with Crippen LogP contribution in [0.2, 0.25) is 10.0 Å². The normalized spacial score (nSPS) is 10.5. The van der Waals surface area contributed by atoms with E-state index in [9.17, 15) is 0 Å². The van der Waals surface area contributed by atoms with Crippen molar-refractivity contribution in [2.75, 3.05) is 7.05 Å². The van der Waals surface area contributed by atoms with Gasteiger partial charge in [-0.25, -0.2) is 0 Å². The minimum atomic E-state index is 0.570. The molecule has 0 aliphatic heterocycles.